The van der Waals surface area contributed by atoms with Crippen molar-refractivity contribution < 1.29 is 14.3 Å². The lowest BCUT2D eigenvalue weighted by Gasteiger charge is -2.20. The van der Waals surface area contributed by atoms with Gasteiger partial charge in [0, 0.05) is 12.5 Å². The summed E-state index contributed by atoms with van der Waals surface area (Å²) in [6.07, 6.45) is 4.33. The van der Waals surface area contributed by atoms with Crippen molar-refractivity contribution >= 4 is 5.97 Å². The molecule has 1 fully saturated rings. The smallest absolute Gasteiger partial charge is 0.373 e. The highest BCUT2D eigenvalue weighted by molar-refractivity contribution is 5.83. The summed E-state index contributed by atoms with van der Waals surface area (Å²) in [4.78, 5) is 17.0. The third kappa shape index (κ3) is 2.24. The monoisotopic (exact) mass is 224 g/mol. The highest BCUT2D eigenvalue weighted by atomic mass is 16.4. The molecule has 2 rings (SSSR count). The van der Waals surface area contributed by atoms with E-state index in [0.717, 1.165) is 19.5 Å². The lowest BCUT2D eigenvalue weighted by Crippen LogP contribution is -2.30. The molecule has 0 radical (unpaired) electrons. The molecule has 1 aliphatic rings. The van der Waals surface area contributed by atoms with Gasteiger partial charge in [0.1, 0.15) is 0 Å². The van der Waals surface area contributed by atoms with Gasteiger partial charge in [0.2, 0.25) is 5.76 Å². The fourth-order valence-electron chi connectivity index (χ4n) is 2.25. The molecular formula is C11H16N2O3. The summed E-state index contributed by atoms with van der Waals surface area (Å²) in [5, 5.41) is 8.71. The average molecular weight is 224 g/mol. The zero-order valence-corrected chi connectivity index (χ0v) is 9.35. The SMILES string of the molecule is CCN1CCCC1Cc1ncc(C(=O)O)o1. The van der Waals surface area contributed by atoms with Crippen LogP contribution in [0.4, 0.5) is 0 Å². The van der Waals surface area contributed by atoms with Gasteiger partial charge in [-0.2, -0.15) is 0 Å². The number of oxazole rings is 1. The Morgan fingerprint density at radius 1 is 1.75 bits per heavy atom. The molecule has 0 bridgehead atoms. The third-order valence-corrected chi connectivity index (χ3v) is 3.08. The zero-order valence-electron chi connectivity index (χ0n) is 9.35. The number of likely N-dealkylation sites (tertiary alicyclic amines) is 1. The zero-order chi connectivity index (χ0) is 11.5. The van der Waals surface area contributed by atoms with Crippen molar-refractivity contribution in [1.82, 2.24) is 9.88 Å². The van der Waals surface area contributed by atoms with Gasteiger partial charge in [-0.1, -0.05) is 6.92 Å². The van der Waals surface area contributed by atoms with Crippen LogP contribution in [0.15, 0.2) is 10.6 Å². The van der Waals surface area contributed by atoms with Crippen LogP contribution in [0.2, 0.25) is 0 Å². The van der Waals surface area contributed by atoms with Gasteiger partial charge in [-0.3, -0.25) is 0 Å². The van der Waals surface area contributed by atoms with E-state index in [1.807, 2.05) is 0 Å². The maximum absolute atomic E-state index is 10.6. The Bertz CT molecular complexity index is 375. The van der Waals surface area contributed by atoms with E-state index in [2.05, 4.69) is 16.8 Å². The molecule has 5 heteroatoms. The number of likely N-dealkylation sites (N-methyl/N-ethyl adjacent to an activating group) is 1. The van der Waals surface area contributed by atoms with E-state index in [0.29, 0.717) is 18.4 Å². The van der Waals surface area contributed by atoms with Crippen LogP contribution >= 0.6 is 0 Å². The summed E-state index contributed by atoms with van der Waals surface area (Å²) in [5.41, 5.74) is 0. The van der Waals surface area contributed by atoms with Crippen molar-refractivity contribution in [2.75, 3.05) is 13.1 Å². The number of carboxylic acids is 1. The van der Waals surface area contributed by atoms with Gasteiger partial charge in [0.15, 0.2) is 5.89 Å². The van der Waals surface area contributed by atoms with Crippen molar-refractivity contribution in [2.24, 2.45) is 0 Å². The maximum Gasteiger partial charge on any atom is 0.373 e. The fraction of sp³-hybridized carbons (Fsp3) is 0.636. The topological polar surface area (TPSA) is 66.6 Å². The van der Waals surface area contributed by atoms with Gasteiger partial charge in [0.05, 0.1) is 6.20 Å². The molecule has 5 nitrogen and oxygen atoms in total. The Morgan fingerprint density at radius 3 is 3.19 bits per heavy atom. The quantitative estimate of drug-likeness (QED) is 0.837. The predicted molar refractivity (Wildman–Crippen MR) is 57.4 cm³/mol. The van der Waals surface area contributed by atoms with E-state index in [1.165, 1.54) is 12.6 Å². The number of aromatic carboxylic acids is 1. The van der Waals surface area contributed by atoms with Crippen molar-refractivity contribution in [3.63, 3.8) is 0 Å². The van der Waals surface area contributed by atoms with Crippen molar-refractivity contribution in [2.45, 2.75) is 32.2 Å². The first-order valence-electron chi connectivity index (χ1n) is 5.62. The molecule has 1 aromatic heterocycles. The molecule has 1 unspecified atom stereocenters. The fourth-order valence-corrected chi connectivity index (χ4v) is 2.25. The number of carboxylic acid groups (broad SMARTS) is 1. The summed E-state index contributed by atoms with van der Waals surface area (Å²) in [5.74, 6) is -0.601. The largest absolute Gasteiger partial charge is 0.475 e. The van der Waals surface area contributed by atoms with Crippen LogP contribution in [0.5, 0.6) is 0 Å². The van der Waals surface area contributed by atoms with Crippen molar-refractivity contribution in [3.05, 3.63) is 17.8 Å². The molecule has 1 saturated heterocycles. The minimum atomic E-state index is -1.06. The molecule has 88 valence electrons. The van der Waals surface area contributed by atoms with Crippen LogP contribution in [-0.2, 0) is 6.42 Å². The highest BCUT2D eigenvalue weighted by Gasteiger charge is 2.25. The van der Waals surface area contributed by atoms with E-state index in [4.69, 9.17) is 9.52 Å². The summed E-state index contributed by atoms with van der Waals surface area (Å²) in [6.45, 7) is 4.28. The molecule has 1 aliphatic heterocycles. The van der Waals surface area contributed by atoms with Crippen molar-refractivity contribution in [3.8, 4) is 0 Å². The predicted octanol–water partition coefficient (Wildman–Crippen LogP) is 1.40. The first-order valence-corrected chi connectivity index (χ1v) is 5.62. The molecule has 0 aromatic carbocycles. The van der Waals surface area contributed by atoms with Crippen LogP contribution in [-0.4, -0.2) is 40.1 Å². The standard InChI is InChI=1S/C11H16N2O3/c1-2-13-5-3-4-8(13)6-10-12-7-9(16-10)11(14)15/h7-8H,2-6H2,1H3,(H,14,15). The van der Waals surface area contributed by atoms with Crippen LogP contribution < -0.4 is 0 Å². The molecule has 16 heavy (non-hydrogen) atoms. The third-order valence-electron chi connectivity index (χ3n) is 3.08. The summed E-state index contributed by atoms with van der Waals surface area (Å²) < 4.78 is 5.16. The normalized spacial score (nSPS) is 21.4. The van der Waals surface area contributed by atoms with Gasteiger partial charge in [-0.25, -0.2) is 9.78 Å². The van der Waals surface area contributed by atoms with Gasteiger partial charge < -0.3 is 14.4 Å². The Kier molecular flexibility index (Phi) is 3.24. The number of hydrogen-bond acceptors (Lipinski definition) is 4. The lowest BCUT2D eigenvalue weighted by molar-refractivity contribution is 0.0659. The second kappa shape index (κ2) is 4.65. The molecule has 1 N–H and O–H groups in total. The van der Waals surface area contributed by atoms with Gasteiger partial charge in [-0.05, 0) is 25.9 Å². The number of hydrogen-bond donors (Lipinski definition) is 1. The molecule has 1 aromatic rings. The minimum absolute atomic E-state index is 0.0731. The highest BCUT2D eigenvalue weighted by Crippen LogP contribution is 2.20. The van der Waals surface area contributed by atoms with Gasteiger partial charge in [-0.15, -0.1) is 0 Å². The second-order valence-electron chi connectivity index (χ2n) is 4.05. The maximum atomic E-state index is 10.6. The second-order valence-corrected chi connectivity index (χ2v) is 4.05. The first-order chi connectivity index (χ1) is 7.70. The van der Waals surface area contributed by atoms with E-state index >= 15 is 0 Å². The average Bonchev–Trinajstić information content (AvgIpc) is 2.87. The van der Waals surface area contributed by atoms with Crippen LogP contribution in [0.1, 0.15) is 36.2 Å². The van der Waals surface area contributed by atoms with Crippen molar-refractivity contribution in [1.29, 1.82) is 0 Å². The Labute approximate surface area is 94.1 Å². The number of rotatable bonds is 4. The minimum Gasteiger partial charge on any atom is -0.475 e. The molecule has 0 aliphatic carbocycles. The molecule has 0 saturated carbocycles. The number of nitrogens with zero attached hydrogens (tertiary/aromatic N) is 2. The van der Waals surface area contributed by atoms with Gasteiger partial charge >= 0.3 is 5.97 Å². The van der Waals surface area contributed by atoms with Crippen LogP contribution in [0.25, 0.3) is 0 Å². The molecule has 0 spiro atoms. The summed E-state index contributed by atoms with van der Waals surface area (Å²) in [6, 6.07) is 0.449. The summed E-state index contributed by atoms with van der Waals surface area (Å²) in [7, 11) is 0. The molecule has 2 heterocycles. The Hall–Kier alpha value is -1.36. The van der Waals surface area contributed by atoms with Crippen LogP contribution in [0.3, 0.4) is 0 Å². The summed E-state index contributed by atoms with van der Waals surface area (Å²) >= 11 is 0. The molecule has 1 atom stereocenters. The van der Waals surface area contributed by atoms with E-state index in [1.54, 1.807) is 0 Å². The van der Waals surface area contributed by atoms with E-state index in [9.17, 15) is 4.79 Å². The Morgan fingerprint density at radius 2 is 2.56 bits per heavy atom. The number of aromatic nitrogens is 1. The Balaban J connectivity index is 2.00. The van der Waals surface area contributed by atoms with Crippen LogP contribution in [0, 0.1) is 0 Å². The molecule has 0 amide bonds. The number of carbonyl (C=O) groups is 1. The first kappa shape index (κ1) is 11.1. The van der Waals surface area contributed by atoms with E-state index < -0.39 is 5.97 Å². The van der Waals surface area contributed by atoms with Gasteiger partial charge in [0.25, 0.3) is 0 Å². The molecular weight excluding hydrogens is 208 g/mol. The van der Waals surface area contributed by atoms with E-state index in [-0.39, 0.29) is 5.76 Å². The lowest BCUT2D eigenvalue weighted by atomic mass is 10.1.